The molecule has 0 saturated heterocycles. The first kappa shape index (κ1) is 11.6. The van der Waals surface area contributed by atoms with Crippen LogP contribution in [0.15, 0.2) is 49.1 Å². The van der Waals surface area contributed by atoms with E-state index < -0.39 is 0 Å². The van der Waals surface area contributed by atoms with Crippen LogP contribution in [0.1, 0.15) is 18.1 Å². The highest BCUT2D eigenvalue weighted by Crippen LogP contribution is 2.19. The second-order valence-electron chi connectivity index (χ2n) is 4.39. The fourth-order valence-corrected chi connectivity index (χ4v) is 2.04. The normalized spacial score (nSPS) is 10.4. The first-order valence-corrected chi connectivity index (χ1v) is 5.81. The van der Waals surface area contributed by atoms with Crippen molar-refractivity contribution < 1.29 is 4.79 Å². The summed E-state index contributed by atoms with van der Waals surface area (Å²) in [7, 11) is 0. The minimum Gasteiger partial charge on any atom is -0.300 e. The Bertz CT molecular complexity index is 567. The average molecular weight is 224 g/mol. The van der Waals surface area contributed by atoms with Crippen molar-refractivity contribution in [2.24, 2.45) is 0 Å². The van der Waals surface area contributed by atoms with Crippen LogP contribution in [0.25, 0.3) is 10.8 Å². The first-order chi connectivity index (χ1) is 8.19. The molecule has 2 aromatic rings. The van der Waals surface area contributed by atoms with Crippen LogP contribution in [-0.2, 0) is 17.6 Å². The lowest BCUT2D eigenvalue weighted by Crippen LogP contribution is -1.95. The number of carbonyl (C=O) groups excluding carboxylic acids is 1. The van der Waals surface area contributed by atoms with E-state index in [4.69, 9.17) is 0 Å². The van der Waals surface area contributed by atoms with Crippen molar-refractivity contribution in [3.8, 4) is 0 Å². The Labute approximate surface area is 102 Å². The van der Waals surface area contributed by atoms with Crippen molar-refractivity contribution in [3.05, 3.63) is 60.2 Å². The van der Waals surface area contributed by atoms with E-state index in [1.807, 2.05) is 12.1 Å². The molecule has 0 aliphatic heterocycles. The highest BCUT2D eigenvalue weighted by molar-refractivity contribution is 5.86. The predicted octanol–water partition coefficient (Wildman–Crippen LogP) is 3.70. The average Bonchev–Trinajstić information content (AvgIpc) is 2.29. The molecule has 2 aromatic carbocycles. The standard InChI is InChI=1S/C16H16O/c1-3-4-13-5-7-16-11-14(9-12(2)17)6-8-15(16)10-13/h3,5-8,10-11H,1,4,9H2,2H3. The zero-order valence-corrected chi connectivity index (χ0v) is 10.1. The summed E-state index contributed by atoms with van der Waals surface area (Å²) >= 11 is 0. The molecule has 2 rings (SSSR count). The summed E-state index contributed by atoms with van der Waals surface area (Å²) in [4.78, 5) is 11.1. The van der Waals surface area contributed by atoms with Crippen molar-refractivity contribution >= 4 is 16.6 Å². The van der Waals surface area contributed by atoms with E-state index in [2.05, 4.69) is 36.9 Å². The second kappa shape index (κ2) is 4.96. The lowest BCUT2D eigenvalue weighted by Gasteiger charge is -2.04. The van der Waals surface area contributed by atoms with Crippen LogP contribution in [0, 0.1) is 0 Å². The zero-order chi connectivity index (χ0) is 12.3. The second-order valence-corrected chi connectivity index (χ2v) is 4.39. The van der Waals surface area contributed by atoms with Crippen molar-refractivity contribution in [1.82, 2.24) is 0 Å². The molecule has 0 aliphatic carbocycles. The van der Waals surface area contributed by atoms with Gasteiger partial charge in [0.2, 0.25) is 0 Å². The van der Waals surface area contributed by atoms with Gasteiger partial charge in [0.1, 0.15) is 5.78 Å². The topological polar surface area (TPSA) is 17.1 Å². The van der Waals surface area contributed by atoms with Crippen molar-refractivity contribution in [1.29, 1.82) is 0 Å². The number of Topliss-reactive ketones (excluding diaryl/α,β-unsaturated/α-hetero) is 1. The number of hydrogen-bond donors (Lipinski definition) is 0. The maximum absolute atomic E-state index is 11.1. The smallest absolute Gasteiger partial charge is 0.134 e. The van der Waals surface area contributed by atoms with Gasteiger partial charge in [0.25, 0.3) is 0 Å². The van der Waals surface area contributed by atoms with Gasteiger partial charge in [-0.3, -0.25) is 4.79 Å². The molecule has 0 radical (unpaired) electrons. The third-order valence-electron chi connectivity index (χ3n) is 2.80. The maximum Gasteiger partial charge on any atom is 0.134 e. The molecule has 0 aliphatic rings. The minimum absolute atomic E-state index is 0.202. The molecule has 0 heterocycles. The van der Waals surface area contributed by atoms with Crippen LogP contribution >= 0.6 is 0 Å². The van der Waals surface area contributed by atoms with Crippen LogP contribution in [0.3, 0.4) is 0 Å². The van der Waals surface area contributed by atoms with Gasteiger partial charge in [0, 0.05) is 6.42 Å². The summed E-state index contributed by atoms with van der Waals surface area (Å²) in [6, 6.07) is 12.6. The molecule has 1 nitrogen and oxygen atoms in total. The highest BCUT2D eigenvalue weighted by atomic mass is 16.1. The van der Waals surface area contributed by atoms with Gasteiger partial charge in [-0.25, -0.2) is 0 Å². The molecule has 0 spiro atoms. The fraction of sp³-hybridized carbons (Fsp3) is 0.188. The van der Waals surface area contributed by atoms with E-state index in [0.717, 1.165) is 12.0 Å². The number of hydrogen-bond acceptors (Lipinski definition) is 1. The number of benzene rings is 2. The van der Waals surface area contributed by atoms with Crippen LogP contribution in [0.2, 0.25) is 0 Å². The van der Waals surface area contributed by atoms with E-state index >= 15 is 0 Å². The largest absolute Gasteiger partial charge is 0.300 e. The van der Waals surface area contributed by atoms with Crippen molar-refractivity contribution in [3.63, 3.8) is 0 Å². The number of allylic oxidation sites excluding steroid dienone is 1. The molecule has 0 amide bonds. The van der Waals surface area contributed by atoms with Gasteiger partial charge in [0.05, 0.1) is 0 Å². The Hall–Kier alpha value is -1.89. The summed E-state index contributed by atoms with van der Waals surface area (Å²) in [5.41, 5.74) is 2.35. The molecule has 0 atom stereocenters. The molecule has 1 heteroatoms. The third kappa shape index (κ3) is 2.82. The molecule has 0 bridgehead atoms. The summed E-state index contributed by atoms with van der Waals surface area (Å²) in [5.74, 6) is 0.202. The SMILES string of the molecule is C=CCc1ccc2cc(CC(C)=O)ccc2c1. The van der Waals surface area contributed by atoms with Crippen molar-refractivity contribution in [2.75, 3.05) is 0 Å². The number of ketones is 1. The quantitative estimate of drug-likeness (QED) is 0.724. The Balaban J connectivity index is 2.39. The maximum atomic E-state index is 11.1. The molecule has 0 aromatic heterocycles. The molecule has 0 unspecified atom stereocenters. The lowest BCUT2D eigenvalue weighted by molar-refractivity contribution is -0.116. The van der Waals surface area contributed by atoms with Gasteiger partial charge in [-0.05, 0) is 35.2 Å². The van der Waals surface area contributed by atoms with Gasteiger partial charge in [-0.2, -0.15) is 0 Å². The van der Waals surface area contributed by atoms with Crippen LogP contribution in [-0.4, -0.2) is 5.78 Å². The Morgan fingerprint density at radius 2 is 1.71 bits per heavy atom. The van der Waals surface area contributed by atoms with Gasteiger partial charge in [-0.1, -0.05) is 42.5 Å². The van der Waals surface area contributed by atoms with Gasteiger partial charge in [0.15, 0.2) is 0 Å². The Morgan fingerprint density at radius 1 is 1.12 bits per heavy atom. The number of fused-ring (bicyclic) bond motifs is 1. The Morgan fingerprint density at radius 3 is 2.29 bits per heavy atom. The van der Waals surface area contributed by atoms with E-state index in [9.17, 15) is 4.79 Å². The van der Waals surface area contributed by atoms with Gasteiger partial charge in [-0.15, -0.1) is 6.58 Å². The van der Waals surface area contributed by atoms with E-state index in [-0.39, 0.29) is 5.78 Å². The third-order valence-corrected chi connectivity index (χ3v) is 2.80. The summed E-state index contributed by atoms with van der Waals surface area (Å²) in [6.07, 6.45) is 3.32. The van der Waals surface area contributed by atoms with E-state index in [0.29, 0.717) is 6.42 Å². The fourth-order valence-electron chi connectivity index (χ4n) is 2.04. The zero-order valence-electron chi connectivity index (χ0n) is 10.1. The number of rotatable bonds is 4. The number of carbonyl (C=O) groups is 1. The monoisotopic (exact) mass is 224 g/mol. The predicted molar refractivity (Wildman–Crippen MR) is 72.2 cm³/mol. The van der Waals surface area contributed by atoms with E-state index in [1.54, 1.807) is 6.92 Å². The molecule has 86 valence electrons. The molecular formula is C16H16O. The molecule has 0 fully saturated rings. The van der Waals surface area contributed by atoms with Crippen LogP contribution in [0.5, 0.6) is 0 Å². The Kier molecular flexibility index (Phi) is 3.38. The molecular weight excluding hydrogens is 208 g/mol. The minimum atomic E-state index is 0.202. The lowest BCUT2D eigenvalue weighted by atomic mass is 10.0. The molecule has 0 N–H and O–H groups in total. The van der Waals surface area contributed by atoms with Crippen LogP contribution < -0.4 is 0 Å². The van der Waals surface area contributed by atoms with Crippen LogP contribution in [0.4, 0.5) is 0 Å². The summed E-state index contributed by atoms with van der Waals surface area (Å²) in [6.45, 7) is 5.37. The summed E-state index contributed by atoms with van der Waals surface area (Å²) in [5, 5.41) is 2.41. The van der Waals surface area contributed by atoms with Gasteiger partial charge >= 0.3 is 0 Å². The summed E-state index contributed by atoms with van der Waals surface area (Å²) < 4.78 is 0. The first-order valence-electron chi connectivity index (χ1n) is 5.81. The van der Waals surface area contributed by atoms with Crippen molar-refractivity contribution in [2.45, 2.75) is 19.8 Å². The van der Waals surface area contributed by atoms with E-state index in [1.165, 1.54) is 16.3 Å². The molecule has 17 heavy (non-hydrogen) atoms. The molecule has 0 saturated carbocycles. The van der Waals surface area contributed by atoms with Gasteiger partial charge < -0.3 is 0 Å². The highest BCUT2D eigenvalue weighted by Gasteiger charge is 2.00.